The van der Waals surface area contributed by atoms with E-state index in [-0.39, 0.29) is 29.0 Å². The number of carbonyl (C=O) groups excluding carboxylic acids is 2. The molecule has 1 atom stereocenters. The van der Waals surface area contributed by atoms with Crippen LogP contribution in [0.15, 0.2) is 27.6 Å². The second-order valence-corrected chi connectivity index (χ2v) is 6.64. The average Bonchev–Trinajstić information content (AvgIpc) is 3.09. The Morgan fingerprint density at radius 1 is 1.35 bits per heavy atom. The summed E-state index contributed by atoms with van der Waals surface area (Å²) in [7, 11) is 1.52. The predicted molar refractivity (Wildman–Crippen MR) is 89.6 cm³/mol. The highest BCUT2D eigenvalue weighted by Crippen LogP contribution is 2.32. The van der Waals surface area contributed by atoms with Crippen LogP contribution < -0.4 is 4.57 Å². The first kappa shape index (κ1) is 16.7. The van der Waals surface area contributed by atoms with Gasteiger partial charge in [0, 0.05) is 29.5 Å². The Morgan fingerprint density at radius 2 is 2.08 bits per heavy atom. The van der Waals surface area contributed by atoms with Gasteiger partial charge in [0.1, 0.15) is 11.5 Å². The quantitative estimate of drug-likeness (QED) is 0.755. The molecule has 0 spiro atoms. The van der Waals surface area contributed by atoms with Crippen LogP contribution in [0.5, 0.6) is 0 Å². The molecular formula is C17H15ClFN4O3+. The second kappa shape index (κ2) is 5.63. The monoisotopic (exact) mass is 377 g/mol. The van der Waals surface area contributed by atoms with Gasteiger partial charge in [-0.2, -0.15) is 4.57 Å². The number of halogens is 2. The minimum absolute atomic E-state index is 0.0907. The zero-order valence-corrected chi connectivity index (χ0v) is 15.0. The van der Waals surface area contributed by atoms with Crippen molar-refractivity contribution in [2.24, 2.45) is 4.99 Å². The molecule has 0 radical (unpaired) electrons. The third-order valence-corrected chi connectivity index (χ3v) is 5.13. The highest BCUT2D eigenvalue weighted by atomic mass is 35.5. The van der Waals surface area contributed by atoms with Crippen LogP contribution in [0.25, 0.3) is 0 Å². The molecule has 26 heavy (non-hydrogen) atoms. The number of likely N-dealkylation sites (N-methyl/N-ethyl adjacent to an activating group) is 1. The highest BCUT2D eigenvalue weighted by molar-refractivity contribution is 6.31. The van der Waals surface area contributed by atoms with Gasteiger partial charge in [0.15, 0.2) is 5.76 Å². The van der Waals surface area contributed by atoms with Gasteiger partial charge in [0.2, 0.25) is 0 Å². The highest BCUT2D eigenvalue weighted by Gasteiger charge is 2.56. The number of rotatable bonds is 2. The summed E-state index contributed by atoms with van der Waals surface area (Å²) in [6, 6.07) is 3.07. The lowest BCUT2D eigenvalue weighted by Crippen LogP contribution is -2.63. The van der Waals surface area contributed by atoms with E-state index in [9.17, 15) is 14.0 Å². The van der Waals surface area contributed by atoms with Crippen LogP contribution in [0.3, 0.4) is 0 Å². The van der Waals surface area contributed by atoms with Crippen molar-refractivity contribution in [3.05, 3.63) is 46.1 Å². The first-order valence-electron chi connectivity index (χ1n) is 7.93. The minimum Gasteiger partial charge on any atom is -0.389 e. The number of hydrogen-bond donors (Lipinski definition) is 0. The van der Waals surface area contributed by atoms with E-state index >= 15 is 0 Å². The second-order valence-electron chi connectivity index (χ2n) is 6.23. The van der Waals surface area contributed by atoms with Gasteiger partial charge in [0.05, 0.1) is 6.54 Å². The number of amidine groups is 1. The molecule has 134 valence electrons. The molecule has 7 nitrogen and oxygen atoms in total. The summed E-state index contributed by atoms with van der Waals surface area (Å²) in [6.45, 7) is 3.32. The lowest BCUT2D eigenvalue weighted by Gasteiger charge is -2.32. The van der Waals surface area contributed by atoms with E-state index < -0.39 is 23.8 Å². The molecule has 2 aromatic rings. The summed E-state index contributed by atoms with van der Waals surface area (Å²) < 4.78 is 21.3. The molecule has 1 unspecified atom stereocenters. The molecule has 1 fully saturated rings. The number of aromatic nitrogens is 1. The summed E-state index contributed by atoms with van der Waals surface area (Å²) in [4.78, 5) is 32.3. The first-order chi connectivity index (χ1) is 12.3. The third-order valence-electron chi connectivity index (χ3n) is 4.77. The fourth-order valence-electron chi connectivity index (χ4n) is 3.22. The van der Waals surface area contributed by atoms with Crippen molar-refractivity contribution in [1.29, 1.82) is 0 Å². The third kappa shape index (κ3) is 2.18. The molecule has 0 saturated carbocycles. The number of amides is 3. The van der Waals surface area contributed by atoms with Crippen LogP contribution in [0.1, 0.15) is 23.1 Å². The molecule has 0 aliphatic carbocycles. The molecule has 2 aliphatic rings. The molecule has 1 aromatic heterocycles. The van der Waals surface area contributed by atoms with Crippen LogP contribution in [0, 0.1) is 19.7 Å². The fourth-order valence-corrected chi connectivity index (χ4v) is 3.44. The van der Waals surface area contributed by atoms with Crippen molar-refractivity contribution in [2.75, 3.05) is 7.05 Å². The first-order valence-corrected chi connectivity index (χ1v) is 8.31. The van der Waals surface area contributed by atoms with E-state index in [0.29, 0.717) is 5.76 Å². The Labute approximate surface area is 153 Å². The molecule has 9 heteroatoms. The van der Waals surface area contributed by atoms with E-state index in [1.165, 1.54) is 30.1 Å². The number of aliphatic imine (C=N–C) groups is 1. The molecular weight excluding hydrogens is 363 g/mol. The molecule has 0 bridgehead atoms. The molecule has 4 rings (SSSR count). The molecule has 1 aromatic carbocycles. The Bertz CT molecular complexity index is 980. The van der Waals surface area contributed by atoms with Crippen LogP contribution >= 0.6 is 11.6 Å². The lowest BCUT2D eigenvalue weighted by atomic mass is 10.1. The minimum atomic E-state index is -0.823. The van der Waals surface area contributed by atoms with Crippen LogP contribution in [0.4, 0.5) is 15.2 Å². The molecule has 1 saturated heterocycles. The van der Waals surface area contributed by atoms with Gasteiger partial charge < -0.3 is 4.42 Å². The largest absolute Gasteiger partial charge is 0.507 e. The van der Waals surface area contributed by atoms with E-state index in [4.69, 9.17) is 16.0 Å². The smallest absolute Gasteiger partial charge is 0.389 e. The maximum atomic E-state index is 14.1. The molecule has 0 N–H and O–H groups in total. The summed E-state index contributed by atoms with van der Waals surface area (Å²) in [5.74, 6) is -0.147. The van der Waals surface area contributed by atoms with Crippen molar-refractivity contribution < 1.29 is 23.0 Å². The van der Waals surface area contributed by atoms with Crippen molar-refractivity contribution in [2.45, 2.75) is 26.4 Å². The summed E-state index contributed by atoms with van der Waals surface area (Å²) >= 11 is 6.05. The molecule has 3 heterocycles. The van der Waals surface area contributed by atoms with Crippen LogP contribution in [0.2, 0.25) is 5.02 Å². The number of carbonyl (C=O) groups is 2. The van der Waals surface area contributed by atoms with Gasteiger partial charge in [-0.1, -0.05) is 17.7 Å². The normalized spacial score (nSPS) is 19.0. The van der Waals surface area contributed by atoms with E-state index in [1.54, 1.807) is 11.5 Å². The number of hydrogen-bond acceptors (Lipinski definition) is 4. The number of urea groups is 1. The summed E-state index contributed by atoms with van der Waals surface area (Å²) in [5, 5.41) is 0.155. The summed E-state index contributed by atoms with van der Waals surface area (Å²) in [5.41, 5.74) is 0.830. The number of benzene rings is 1. The SMILES string of the molecule is Cc1oc2[n+](c1C)C1C(=O)N(Cc3c(F)cccc3Cl)C(=O)N(C)C1=N2. The number of imide groups is 1. The van der Waals surface area contributed by atoms with Crippen molar-refractivity contribution in [3.8, 4) is 0 Å². The molecule has 2 aliphatic heterocycles. The van der Waals surface area contributed by atoms with E-state index in [1.807, 2.05) is 6.92 Å². The van der Waals surface area contributed by atoms with Crippen LogP contribution in [-0.2, 0) is 11.3 Å². The zero-order valence-electron chi connectivity index (χ0n) is 14.3. The van der Waals surface area contributed by atoms with Crippen molar-refractivity contribution in [1.82, 2.24) is 9.80 Å². The van der Waals surface area contributed by atoms with Gasteiger partial charge in [-0.05, 0) is 19.1 Å². The van der Waals surface area contributed by atoms with Crippen LogP contribution in [-0.4, -0.2) is 34.6 Å². The number of oxazole rings is 1. The summed E-state index contributed by atoms with van der Waals surface area (Å²) in [6.07, 6.45) is 0. The Morgan fingerprint density at radius 3 is 2.77 bits per heavy atom. The number of nitrogens with zero attached hydrogens (tertiary/aromatic N) is 4. The Kier molecular flexibility index (Phi) is 3.62. The van der Waals surface area contributed by atoms with Gasteiger partial charge >= 0.3 is 12.0 Å². The van der Waals surface area contributed by atoms with Crippen molar-refractivity contribution >= 4 is 35.4 Å². The maximum Gasteiger partial charge on any atom is 0.507 e. The van der Waals surface area contributed by atoms with E-state index in [2.05, 4.69) is 4.99 Å². The van der Waals surface area contributed by atoms with Gasteiger partial charge in [-0.25, -0.2) is 9.18 Å². The topological polar surface area (TPSA) is 70.0 Å². The number of fused-ring (bicyclic) bond motifs is 3. The fraction of sp³-hybridized carbons (Fsp3) is 0.294. The Balaban J connectivity index is 1.77. The average molecular weight is 378 g/mol. The Hall–Kier alpha value is -2.74. The van der Waals surface area contributed by atoms with Crippen molar-refractivity contribution in [3.63, 3.8) is 0 Å². The van der Waals surface area contributed by atoms with Gasteiger partial charge in [0.25, 0.3) is 17.8 Å². The van der Waals surface area contributed by atoms with Gasteiger partial charge in [-0.15, -0.1) is 0 Å². The zero-order chi connectivity index (χ0) is 18.7. The lowest BCUT2D eigenvalue weighted by molar-refractivity contribution is -0.685. The predicted octanol–water partition coefficient (Wildman–Crippen LogP) is 2.66. The molecule has 3 amide bonds. The van der Waals surface area contributed by atoms with Gasteiger partial charge in [-0.3, -0.25) is 14.6 Å². The standard InChI is InChI=1S/C17H15ClFN4O3/c1-8-9(2)26-16-20-14-13(23(8)16)15(24)22(17(25)21(14)3)7-10-11(18)5-4-6-12(10)19/h4-6,13H,7H2,1-3H3/q+1. The maximum absolute atomic E-state index is 14.1. The number of aryl methyl sites for hydroxylation is 1. The van der Waals surface area contributed by atoms with E-state index in [0.717, 1.165) is 10.6 Å².